The molecule has 3 aromatic rings. The summed E-state index contributed by atoms with van der Waals surface area (Å²) in [6.07, 6.45) is -0.654. The molecule has 3 aromatic carbocycles. The Morgan fingerprint density at radius 2 is 1.38 bits per heavy atom. The summed E-state index contributed by atoms with van der Waals surface area (Å²) in [6.45, 7) is 0. The molecule has 0 aliphatic carbocycles. The fourth-order valence-electron chi connectivity index (χ4n) is 3.74. The van der Waals surface area contributed by atoms with Crippen LogP contribution >= 0.6 is 0 Å². The van der Waals surface area contributed by atoms with Crippen LogP contribution in [0.25, 0.3) is 0 Å². The van der Waals surface area contributed by atoms with E-state index >= 15 is 0 Å². The Balaban J connectivity index is 2.00. The van der Waals surface area contributed by atoms with Gasteiger partial charge >= 0.3 is 0 Å². The van der Waals surface area contributed by atoms with Gasteiger partial charge in [0.1, 0.15) is 0 Å². The number of hydrogen-bond acceptors (Lipinski definition) is 4. The largest absolute Gasteiger partial charge is 0.352 e. The second-order valence-corrected chi connectivity index (χ2v) is 6.28. The molecule has 0 spiro atoms. The Labute approximate surface area is 152 Å². The first-order valence-electron chi connectivity index (χ1n) is 8.52. The highest BCUT2D eigenvalue weighted by atomic mass is 17.1. The number of benzene rings is 3. The van der Waals surface area contributed by atoms with Gasteiger partial charge in [0.15, 0.2) is 6.29 Å². The van der Waals surface area contributed by atoms with E-state index in [1.165, 1.54) is 0 Å². The summed E-state index contributed by atoms with van der Waals surface area (Å²) in [5.41, 5.74) is 3.61. The van der Waals surface area contributed by atoms with Gasteiger partial charge in [-0.05, 0) is 11.1 Å². The summed E-state index contributed by atoms with van der Waals surface area (Å²) in [5, 5.41) is 10.1. The van der Waals surface area contributed by atoms with Crippen molar-refractivity contribution in [1.29, 1.82) is 0 Å². The van der Waals surface area contributed by atoms with Crippen molar-refractivity contribution in [3.8, 4) is 0 Å². The van der Waals surface area contributed by atoms with Crippen LogP contribution in [0, 0.1) is 0 Å². The van der Waals surface area contributed by atoms with Crippen LogP contribution in [0.3, 0.4) is 0 Å². The second-order valence-electron chi connectivity index (χ2n) is 6.28. The minimum atomic E-state index is -1.42. The van der Waals surface area contributed by atoms with Gasteiger partial charge in [-0.2, -0.15) is 4.89 Å². The fourth-order valence-corrected chi connectivity index (χ4v) is 3.74. The quantitative estimate of drug-likeness (QED) is 0.541. The Hall–Kier alpha value is -2.50. The van der Waals surface area contributed by atoms with E-state index in [1.807, 2.05) is 84.9 Å². The van der Waals surface area contributed by atoms with Gasteiger partial charge in [0, 0.05) is 18.2 Å². The van der Waals surface area contributed by atoms with Crippen LogP contribution in [0.2, 0.25) is 0 Å². The molecule has 1 aliphatic rings. The number of methoxy groups -OCH3 is 1. The van der Waals surface area contributed by atoms with Crippen LogP contribution in [0.5, 0.6) is 0 Å². The van der Waals surface area contributed by atoms with Gasteiger partial charge in [0.05, 0.1) is 5.92 Å². The van der Waals surface area contributed by atoms with Crippen molar-refractivity contribution >= 4 is 0 Å². The average molecular weight is 348 g/mol. The number of ether oxygens (including phenoxy) is 2. The molecule has 0 bridgehead atoms. The van der Waals surface area contributed by atoms with E-state index in [-0.39, 0.29) is 5.92 Å². The van der Waals surface area contributed by atoms with E-state index in [1.54, 1.807) is 7.11 Å². The summed E-state index contributed by atoms with van der Waals surface area (Å²) < 4.78 is 11.8. The minimum Gasteiger partial charge on any atom is -0.352 e. The van der Waals surface area contributed by atoms with Crippen molar-refractivity contribution in [2.45, 2.75) is 18.0 Å². The summed E-state index contributed by atoms with van der Waals surface area (Å²) in [6, 6.07) is 27.3. The van der Waals surface area contributed by atoms with Gasteiger partial charge < -0.3 is 9.47 Å². The molecule has 1 heterocycles. The molecular formula is C22H20O4. The first kappa shape index (κ1) is 16.9. The normalized spacial score (nSPS) is 24.8. The maximum atomic E-state index is 10.1. The lowest BCUT2D eigenvalue weighted by Crippen LogP contribution is -2.44. The van der Waals surface area contributed by atoms with Crippen LogP contribution in [0.15, 0.2) is 84.9 Å². The van der Waals surface area contributed by atoms with Crippen molar-refractivity contribution in [3.63, 3.8) is 0 Å². The number of fused-ring (bicyclic) bond motifs is 1. The summed E-state index contributed by atoms with van der Waals surface area (Å²) in [4.78, 5) is 5.12. The molecule has 4 rings (SSSR count). The first-order valence-corrected chi connectivity index (χ1v) is 8.52. The summed E-state index contributed by atoms with van der Waals surface area (Å²) >= 11 is 0. The molecular weight excluding hydrogens is 328 g/mol. The fraction of sp³-hybridized carbons (Fsp3) is 0.182. The predicted octanol–water partition coefficient (Wildman–Crippen LogP) is 4.84. The second kappa shape index (κ2) is 7.02. The van der Waals surface area contributed by atoms with Gasteiger partial charge in [-0.1, -0.05) is 84.9 Å². The molecule has 3 atom stereocenters. The van der Waals surface area contributed by atoms with E-state index in [2.05, 4.69) is 0 Å². The molecule has 1 unspecified atom stereocenters. The van der Waals surface area contributed by atoms with Gasteiger partial charge in [-0.15, -0.1) is 0 Å². The van der Waals surface area contributed by atoms with Gasteiger partial charge in [-0.3, -0.25) is 0 Å². The highest BCUT2D eigenvalue weighted by Crippen LogP contribution is 2.53. The molecule has 0 saturated carbocycles. The number of rotatable bonds is 4. The van der Waals surface area contributed by atoms with Gasteiger partial charge in [0.2, 0.25) is 5.79 Å². The molecule has 26 heavy (non-hydrogen) atoms. The van der Waals surface area contributed by atoms with Crippen LogP contribution in [0.4, 0.5) is 0 Å². The minimum absolute atomic E-state index is 0.362. The summed E-state index contributed by atoms with van der Waals surface area (Å²) in [5.74, 6) is -1.78. The molecule has 0 amide bonds. The van der Waals surface area contributed by atoms with Crippen molar-refractivity contribution < 1.29 is 19.6 Å². The Morgan fingerprint density at radius 1 is 0.808 bits per heavy atom. The maximum Gasteiger partial charge on any atom is 0.240 e. The van der Waals surface area contributed by atoms with E-state index in [0.717, 1.165) is 16.7 Å². The Morgan fingerprint density at radius 3 is 2.00 bits per heavy atom. The highest BCUT2D eigenvalue weighted by molar-refractivity contribution is 5.45. The molecule has 4 nitrogen and oxygen atoms in total. The zero-order valence-corrected chi connectivity index (χ0v) is 14.4. The van der Waals surface area contributed by atoms with E-state index in [9.17, 15) is 5.26 Å². The van der Waals surface area contributed by atoms with Crippen molar-refractivity contribution in [1.82, 2.24) is 0 Å². The van der Waals surface area contributed by atoms with E-state index in [0.29, 0.717) is 5.56 Å². The lowest BCUT2D eigenvalue weighted by Gasteiger charge is -2.45. The molecule has 0 saturated heterocycles. The van der Waals surface area contributed by atoms with Crippen molar-refractivity contribution in [3.05, 3.63) is 107 Å². The number of hydrogen-bond donors (Lipinski definition) is 1. The molecule has 4 heteroatoms. The van der Waals surface area contributed by atoms with Crippen LogP contribution in [-0.4, -0.2) is 12.4 Å². The van der Waals surface area contributed by atoms with Crippen molar-refractivity contribution in [2.24, 2.45) is 0 Å². The predicted molar refractivity (Wildman–Crippen MR) is 97.4 cm³/mol. The molecule has 0 fully saturated rings. The van der Waals surface area contributed by atoms with Gasteiger partial charge in [-0.25, -0.2) is 5.26 Å². The SMILES string of the molecule is COC1O[C@@](OO)(c2ccccc2)[C@H](c2ccccc2)c2ccccc21. The molecule has 1 N–H and O–H groups in total. The standard InChI is InChI=1S/C22H20O4/c1-24-21-19-15-9-8-14-18(19)20(16-10-4-2-5-11-16)22(25-21,26-23)17-12-6-3-7-13-17/h2-15,20-21,23H,1H3/t20-,21?,22-/m1/s1. The van der Waals surface area contributed by atoms with Crippen LogP contribution < -0.4 is 0 Å². The molecule has 0 radical (unpaired) electrons. The van der Waals surface area contributed by atoms with E-state index in [4.69, 9.17) is 14.4 Å². The van der Waals surface area contributed by atoms with Crippen LogP contribution in [0.1, 0.15) is 34.5 Å². The lowest BCUT2D eigenvalue weighted by atomic mass is 9.77. The first-order chi connectivity index (χ1) is 12.8. The maximum absolute atomic E-state index is 10.1. The van der Waals surface area contributed by atoms with Gasteiger partial charge in [0.25, 0.3) is 0 Å². The highest BCUT2D eigenvalue weighted by Gasteiger charge is 2.52. The third-order valence-corrected chi connectivity index (χ3v) is 4.88. The Kier molecular flexibility index (Phi) is 4.57. The third-order valence-electron chi connectivity index (χ3n) is 4.88. The van der Waals surface area contributed by atoms with Crippen LogP contribution in [-0.2, 0) is 20.1 Å². The zero-order valence-electron chi connectivity index (χ0n) is 14.4. The monoisotopic (exact) mass is 348 g/mol. The molecule has 132 valence electrons. The topological polar surface area (TPSA) is 47.9 Å². The lowest BCUT2D eigenvalue weighted by molar-refractivity contribution is -0.449. The smallest absolute Gasteiger partial charge is 0.240 e. The average Bonchev–Trinajstić information content (AvgIpc) is 2.73. The third kappa shape index (κ3) is 2.64. The van der Waals surface area contributed by atoms with Crippen molar-refractivity contribution in [2.75, 3.05) is 7.11 Å². The van der Waals surface area contributed by atoms with E-state index < -0.39 is 12.1 Å². The zero-order chi connectivity index (χ0) is 18.0. The Bertz CT molecular complexity index is 866. The molecule has 0 aromatic heterocycles. The summed E-state index contributed by atoms with van der Waals surface area (Å²) in [7, 11) is 1.58. The molecule has 1 aliphatic heterocycles.